The summed E-state index contributed by atoms with van der Waals surface area (Å²) in [5.74, 6) is 1.16. The van der Waals surface area contributed by atoms with Crippen molar-refractivity contribution in [3.8, 4) is 6.08 Å². The van der Waals surface area contributed by atoms with Gasteiger partial charge in [0.2, 0.25) is 0 Å². The number of benzene rings is 1. The summed E-state index contributed by atoms with van der Waals surface area (Å²) in [4.78, 5) is 8.27. The summed E-state index contributed by atoms with van der Waals surface area (Å²) < 4.78 is 28.2. The molecule has 23 heavy (non-hydrogen) atoms. The molecule has 3 rings (SSSR count). The fourth-order valence-corrected chi connectivity index (χ4v) is 1.95. The van der Waals surface area contributed by atoms with Crippen LogP contribution < -0.4 is 4.74 Å². The first-order valence-corrected chi connectivity index (χ1v) is 7.24. The van der Waals surface area contributed by atoms with Crippen molar-refractivity contribution < 1.29 is 18.2 Å². The number of rotatable bonds is 7. The summed E-state index contributed by atoms with van der Waals surface area (Å²) in [6.07, 6.45) is 2.15. The smallest absolute Gasteiger partial charge is 0.417 e. The van der Waals surface area contributed by atoms with Gasteiger partial charge < -0.3 is 9.26 Å². The fourth-order valence-electron chi connectivity index (χ4n) is 1.95. The molecule has 0 saturated heterocycles. The normalized spacial score (nSPS) is 10.9. The molecule has 0 fully saturated rings. The van der Waals surface area contributed by atoms with E-state index in [9.17, 15) is 4.39 Å². The minimum atomic E-state index is -0.284. The Morgan fingerprint density at radius 2 is 1.83 bits per heavy atom. The van der Waals surface area contributed by atoms with Gasteiger partial charge in [-0.1, -0.05) is 29.4 Å². The van der Waals surface area contributed by atoms with E-state index in [0.29, 0.717) is 24.0 Å². The Morgan fingerprint density at radius 3 is 2.61 bits per heavy atom. The number of hydrogen-bond acceptors (Lipinski definition) is 7. The van der Waals surface area contributed by atoms with E-state index in [2.05, 4.69) is 20.3 Å². The van der Waals surface area contributed by atoms with E-state index < -0.39 is 0 Å². The zero-order valence-electron chi connectivity index (χ0n) is 12.5. The van der Waals surface area contributed by atoms with Crippen LogP contribution in [0.25, 0.3) is 0 Å². The molecule has 0 bridgehead atoms. The van der Waals surface area contributed by atoms with Crippen LogP contribution in [0.2, 0.25) is 0 Å². The van der Waals surface area contributed by atoms with Gasteiger partial charge >= 0.3 is 6.08 Å². The maximum Gasteiger partial charge on any atom is 0.417 e. The third-order valence-corrected chi connectivity index (χ3v) is 3.03. The van der Waals surface area contributed by atoms with Crippen molar-refractivity contribution in [3.05, 3.63) is 53.2 Å². The third-order valence-electron chi connectivity index (χ3n) is 3.03. The first-order valence-electron chi connectivity index (χ1n) is 7.24. The van der Waals surface area contributed by atoms with Gasteiger partial charge in [-0.15, -0.1) is 0 Å². The molecule has 0 spiro atoms. The van der Waals surface area contributed by atoms with Crippen LogP contribution in [0.1, 0.15) is 36.4 Å². The Morgan fingerprint density at radius 1 is 1.04 bits per heavy atom. The molecule has 3 aromatic rings. The van der Waals surface area contributed by atoms with E-state index in [0.717, 1.165) is 18.4 Å². The fraction of sp³-hybridized carbons (Fsp3) is 0.333. The predicted octanol–water partition coefficient (Wildman–Crippen LogP) is 2.71. The highest BCUT2D eigenvalue weighted by Gasteiger charge is 2.11. The van der Waals surface area contributed by atoms with Gasteiger partial charge in [-0.3, -0.25) is 4.52 Å². The van der Waals surface area contributed by atoms with Gasteiger partial charge in [0.25, 0.3) is 5.89 Å². The van der Waals surface area contributed by atoms with Crippen LogP contribution in [0, 0.1) is 5.82 Å². The molecule has 0 amide bonds. The highest BCUT2D eigenvalue weighted by Crippen LogP contribution is 2.13. The Bertz CT molecular complexity index is 754. The Balaban J connectivity index is 1.55. The monoisotopic (exact) mass is 318 g/mol. The SMILES string of the molecule is CCCc1noc(COc2nc(Cc3ccc(F)cc3)no2)n1. The summed E-state index contributed by atoms with van der Waals surface area (Å²) in [7, 11) is 0. The van der Waals surface area contributed by atoms with Crippen LogP contribution in [0.3, 0.4) is 0 Å². The van der Waals surface area contributed by atoms with E-state index >= 15 is 0 Å². The lowest BCUT2D eigenvalue weighted by Crippen LogP contribution is -1.97. The molecule has 7 nitrogen and oxygen atoms in total. The number of ether oxygens (including phenoxy) is 1. The molecule has 0 aliphatic carbocycles. The maximum atomic E-state index is 12.9. The van der Waals surface area contributed by atoms with Crippen molar-refractivity contribution in [3.63, 3.8) is 0 Å². The summed E-state index contributed by atoms with van der Waals surface area (Å²) in [5.41, 5.74) is 0.875. The number of aromatic nitrogens is 4. The Labute approximate surface area is 131 Å². The maximum absolute atomic E-state index is 12.9. The minimum absolute atomic E-state index is 0.0253. The van der Waals surface area contributed by atoms with Crippen LogP contribution >= 0.6 is 0 Å². The van der Waals surface area contributed by atoms with Crippen molar-refractivity contribution in [1.82, 2.24) is 20.3 Å². The standard InChI is InChI=1S/C15H15FN4O3/c1-2-3-12-17-14(22-19-12)9-21-15-18-13(20-23-15)8-10-4-6-11(16)7-5-10/h4-7H,2-3,8-9H2,1H3. The molecule has 1 aromatic carbocycles. The molecule has 2 aromatic heterocycles. The van der Waals surface area contributed by atoms with Crippen molar-refractivity contribution in [2.75, 3.05) is 0 Å². The summed E-state index contributed by atoms with van der Waals surface area (Å²) >= 11 is 0. The molecule has 0 radical (unpaired) electrons. The second kappa shape index (κ2) is 6.99. The van der Waals surface area contributed by atoms with Crippen LogP contribution in [-0.4, -0.2) is 20.3 Å². The lowest BCUT2D eigenvalue weighted by atomic mass is 10.1. The largest absolute Gasteiger partial charge is 0.439 e. The Kier molecular flexibility index (Phi) is 4.60. The van der Waals surface area contributed by atoms with Crippen molar-refractivity contribution in [2.45, 2.75) is 32.8 Å². The Hall–Kier alpha value is -2.77. The molecule has 0 aliphatic rings. The first-order chi connectivity index (χ1) is 11.2. The van der Waals surface area contributed by atoms with E-state index in [4.69, 9.17) is 13.8 Å². The summed E-state index contributed by atoms with van der Waals surface area (Å²) in [5, 5.41) is 7.63. The van der Waals surface area contributed by atoms with Gasteiger partial charge in [0.05, 0.1) is 0 Å². The van der Waals surface area contributed by atoms with Gasteiger partial charge in [0, 0.05) is 12.8 Å². The van der Waals surface area contributed by atoms with Gasteiger partial charge in [-0.2, -0.15) is 9.97 Å². The zero-order chi connectivity index (χ0) is 16.1. The average Bonchev–Trinajstić information content (AvgIpc) is 3.17. The van der Waals surface area contributed by atoms with E-state index in [-0.39, 0.29) is 18.5 Å². The molecule has 2 heterocycles. The number of hydrogen-bond donors (Lipinski definition) is 0. The van der Waals surface area contributed by atoms with Crippen LogP contribution in [0.15, 0.2) is 33.3 Å². The highest BCUT2D eigenvalue weighted by molar-refractivity contribution is 5.19. The first kappa shape index (κ1) is 15.1. The van der Waals surface area contributed by atoms with Crippen LogP contribution in [0.4, 0.5) is 4.39 Å². The van der Waals surface area contributed by atoms with E-state index in [1.807, 2.05) is 6.92 Å². The van der Waals surface area contributed by atoms with E-state index in [1.165, 1.54) is 12.1 Å². The number of aryl methyl sites for hydroxylation is 1. The molecular formula is C15H15FN4O3. The summed E-state index contributed by atoms with van der Waals surface area (Å²) in [6, 6.07) is 6.10. The predicted molar refractivity (Wildman–Crippen MR) is 76.1 cm³/mol. The second-order valence-electron chi connectivity index (χ2n) is 4.92. The zero-order valence-corrected chi connectivity index (χ0v) is 12.5. The number of halogens is 1. The number of nitrogens with zero attached hydrogens (tertiary/aromatic N) is 4. The lowest BCUT2D eigenvalue weighted by molar-refractivity contribution is 0.169. The van der Waals surface area contributed by atoms with E-state index in [1.54, 1.807) is 12.1 Å². The van der Waals surface area contributed by atoms with Crippen molar-refractivity contribution >= 4 is 0 Å². The van der Waals surface area contributed by atoms with Gasteiger partial charge in [-0.05, 0) is 24.1 Å². The van der Waals surface area contributed by atoms with Crippen LogP contribution in [0.5, 0.6) is 6.08 Å². The van der Waals surface area contributed by atoms with Gasteiger partial charge in [0.1, 0.15) is 5.82 Å². The average molecular weight is 318 g/mol. The third kappa shape index (κ3) is 4.12. The molecule has 8 heteroatoms. The molecular weight excluding hydrogens is 303 g/mol. The van der Waals surface area contributed by atoms with Crippen molar-refractivity contribution in [1.29, 1.82) is 0 Å². The van der Waals surface area contributed by atoms with Crippen molar-refractivity contribution in [2.24, 2.45) is 0 Å². The lowest BCUT2D eigenvalue weighted by Gasteiger charge is -1.96. The topological polar surface area (TPSA) is 87.1 Å². The quantitative estimate of drug-likeness (QED) is 0.662. The molecule has 0 atom stereocenters. The minimum Gasteiger partial charge on any atom is -0.439 e. The summed E-state index contributed by atoms with van der Waals surface area (Å²) in [6.45, 7) is 2.10. The van der Waals surface area contributed by atoms with Gasteiger partial charge in [0.15, 0.2) is 18.3 Å². The molecule has 0 aliphatic heterocycles. The van der Waals surface area contributed by atoms with Gasteiger partial charge in [-0.25, -0.2) is 4.39 Å². The highest BCUT2D eigenvalue weighted by atomic mass is 19.1. The molecule has 120 valence electrons. The van der Waals surface area contributed by atoms with Crippen LogP contribution in [-0.2, 0) is 19.4 Å². The molecule has 0 N–H and O–H groups in total. The molecule has 0 unspecified atom stereocenters. The second-order valence-corrected chi connectivity index (χ2v) is 4.92. The molecule has 0 saturated carbocycles.